The van der Waals surface area contributed by atoms with Crippen LogP contribution in [0.15, 0.2) is 47.6 Å². The average Bonchev–Trinajstić information content (AvgIpc) is 2.73. The van der Waals surface area contributed by atoms with Crippen molar-refractivity contribution in [1.29, 1.82) is 0 Å². The van der Waals surface area contributed by atoms with Gasteiger partial charge in [-0.3, -0.25) is 0 Å². The molecule has 87 valence electrons. The summed E-state index contributed by atoms with van der Waals surface area (Å²) < 4.78 is 5.97. The Morgan fingerprint density at radius 2 is 1.50 bits per heavy atom. The van der Waals surface area contributed by atoms with E-state index in [4.69, 9.17) is 0 Å². The Balaban J connectivity index is 0.00000128. The van der Waals surface area contributed by atoms with Crippen LogP contribution in [-0.4, -0.2) is 6.88 Å². The zero-order valence-electron chi connectivity index (χ0n) is 10.1. The fourth-order valence-electron chi connectivity index (χ4n) is 2.60. The van der Waals surface area contributed by atoms with Gasteiger partial charge in [0, 0.05) is 0 Å². The van der Waals surface area contributed by atoms with Crippen LogP contribution in [0.2, 0.25) is 12.9 Å². The summed E-state index contributed by atoms with van der Waals surface area (Å²) >= 11 is -1.85. The molecule has 0 saturated carbocycles. The van der Waals surface area contributed by atoms with E-state index in [1.165, 1.54) is 12.8 Å². The molecule has 2 aliphatic carbocycles. The third-order valence-corrected chi connectivity index (χ3v) is 11.2. The minimum atomic E-state index is -1.85. The molecule has 0 aromatic heterocycles. The van der Waals surface area contributed by atoms with Gasteiger partial charge in [-0.25, -0.2) is 0 Å². The van der Waals surface area contributed by atoms with Gasteiger partial charge in [0.1, 0.15) is 0 Å². The quantitative estimate of drug-likeness (QED) is 0.691. The number of hydrogen-bond acceptors (Lipinski definition) is 0. The SMILES string of the molecule is Cl.[CH3][Zr]([CH3])(=[SiH2])[CH](C1=CC=CC1)C1=CC=CC1. The maximum atomic E-state index is 2.57. The van der Waals surface area contributed by atoms with E-state index in [1.54, 1.807) is 11.1 Å². The summed E-state index contributed by atoms with van der Waals surface area (Å²) in [7, 11) is 0. The van der Waals surface area contributed by atoms with Crippen molar-refractivity contribution in [2.75, 3.05) is 0 Å². The summed E-state index contributed by atoms with van der Waals surface area (Å²) in [5.74, 6) is 0. The van der Waals surface area contributed by atoms with Gasteiger partial charge in [0.05, 0.1) is 0 Å². The average molecular weight is 331 g/mol. The van der Waals surface area contributed by atoms with Crippen molar-refractivity contribution in [3.05, 3.63) is 47.6 Å². The molecule has 0 heterocycles. The van der Waals surface area contributed by atoms with Crippen LogP contribution in [0.1, 0.15) is 12.8 Å². The van der Waals surface area contributed by atoms with Crippen LogP contribution in [0.25, 0.3) is 0 Å². The van der Waals surface area contributed by atoms with E-state index in [2.05, 4.69) is 52.6 Å². The van der Waals surface area contributed by atoms with E-state index < -0.39 is 18.9 Å². The van der Waals surface area contributed by atoms with Crippen molar-refractivity contribution in [3.8, 4) is 0 Å². The van der Waals surface area contributed by atoms with E-state index in [0.29, 0.717) is 0 Å². The number of halogens is 1. The Bertz CT molecular complexity index is 393. The predicted octanol–water partition coefficient (Wildman–Crippen LogP) is 3.77. The van der Waals surface area contributed by atoms with Gasteiger partial charge in [-0.2, -0.15) is 0 Å². The maximum absolute atomic E-state index is 2.57. The molecule has 2 rings (SSSR count). The molecule has 0 atom stereocenters. The Hall–Kier alpha value is 0.350. The van der Waals surface area contributed by atoms with Gasteiger partial charge in [-0.15, -0.1) is 12.4 Å². The van der Waals surface area contributed by atoms with Crippen LogP contribution in [-0.2, 0) is 18.9 Å². The molecule has 0 amide bonds. The first kappa shape index (κ1) is 14.4. The fourth-order valence-corrected chi connectivity index (χ4v) is 11.7. The summed E-state index contributed by atoms with van der Waals surface area (Å²) in [6.07, 6.45) is 16.2. The predicted molar refractivity (Wildman–Crippen MR) is 75.0 cm³/mol. The Morgan fingerprint density at radius 1 is 1.06 bits per heavy atom. The van der Waals surface area contributed by atoms with E-state index in [0.717, 1.165) is 3.63 Å². The molecule has 0 spiro atoms. The van der Waals surface area contributed by atoms with E-state index in [9.17, 15) is 0 Å². The van der Waals surface area contributed by atoms with Gasteiger partial charge in [0.15, 0.2) is 0 Å². The molecule has 0 N–H and O–H groups in total. The summed E-state index contributed by atoms with van der Waals surface area (Å²) in [5.41, 5.74) is 3.36. The second-order valence-electron chi connectivity index (χ2n) is 5.17. The van der Waals surface area contributed by atoms with Crippen LogP contribution in [0.5, 0.6) is 0 Å². The van der Waals surface area contributed by atoms with E-state index in [1.807, 2.05) is 0 Å². The van der Waals surface area contributed by atoms with E-state index in [-0.39, 0.29) is 12.4 Å². The molecular formula is C13H20ClSiZr. The van der Waals surface area contributed by atoms with Gasteiger partial charge in [-0.1, -0.05) is 0 Å². The molecule has 0 unspecified atom stereocenters. The fraction of sp³-hybridized carbons (Fsp3) is 0.385. The van der Waals surface area contributed by atoms with Crippen molar-refractivity contribution in [1.82, 2.24) is 0 Å². The molecule has 0 aromatic carbocycles. The summed E-state index contributed by atoms with van der Waals surface area (Å²) in [6, 6.07) is 0. The van der Waals surface area contributed by atoms with Crippen LogP contribution in [0.3, 0.4) is 0 Å². The van der Waals surface area contributed by atoms with Crippen molar-refractivity contribution >= 4 is 19.3 Å². The van der Waals surface area contributed by atoms with Crippen molar-refractivity contribution in [2.45, 2.75) is 25.7 Å². The topological polar surface area (TPSA) is 0 Å². The summed E-state index contributed by atoms with van der Waals surface area (Å²) in [5, 5.41) is 0. The number of hydrogen-bond donors (Lipinski definition) is 0. The molecule has 0 saturated heterocycles. The Morgan fingerprint density at radius 3 is 1.75 bits per heavy atom. The van der Waals surface area contributed by atoms with Gasteiger partial charge >= 0.3 is 99.1 Å². The first-order chi connectivity index (χ1) is 7.09. The van der Waals surface area contributed by atoms with Crippen molar-refractivity contribution in [3.63, 3.8) is 0 Å². The Kier molecular flexibility index (Phi) is 5.22. The Labute approximate surface area is 111 Å². The first-order valence-corrected chi connectivity index (χ1v) is 17.9. The number of allylic oxidation sites excluding steroid dienone is 8. The normalized spacial score (nSPS) is 18.7. The van der Waals surface area contributed by atoms with Gasteiger partial charge in [0.2, 0.25) is 0 Å². The summed E-state index contributed by atoms with van der Waals surface area (Å²) in [6.45, 7) is 2.33. The molecule has 2 aliphatic rings. The molecule has 0 nitrogen and oxygen atoms in total. The van der Waals surface area contributed by atoms with Crippen molar-refractivity contribution in [2.24, 2.45) is 0 Å². The third-order valence-electron chi connectivity index (χ3n) is 3.12. The van der Waals surface area contributed by atoms with E-state index >= 15 is 0 Å². The van der Waals surface area contributed by atoms with Gasteiger partial charge in [0.25, 0.3) is 0 Å². The minimum absolute atomic E-state index is 0. The van der Waals surface area contributed by atoms with Crippen LogP contribution in [0.4, 0.5) is 0 Å². The first-order valence-electron chi connectivity index (χ1n) is 5.65. The third kappa shape index (κ3) is 3.18. The molecule has 0 fully saturated rings. The molecule has 0 aliphatic heterocycles. The van der Waals surface area contributed by atoms with Crippen LogP contribution < -0.4 is 0 Å². The zero-order valence-corrected chi connectivity index (χ0v) is 14.8. The number of rotatable bonds is 3. The molecule has 16 heavy (non-hydrogen) atoms. The second kappa shape index (κ2) is 5.80. The zero-order chi connectivity index (χ0) is 10.9. The molecule has 3 heteroatoms. The molecule has 0 aromatic rings. The van der Waals surface area contributed by atoms with Crippen molar-refractivity contribution < 1.29 is 18.9 Å². The van der Waals surface area contributed by atoms with Gasteiger partial charge < -0.3 is 0 Å². The van der Waals surface area contributed by atoms with Crippen LogP contribution >= 0.6 is 12.4 Å². The van der Waals surface area contributed by atoms with Gasteiger partial charge in [-0.05, 0) is 0 Å². The monoisotopic (exact) mass is 329 g/mol. The second-order valence-corrected chi connectivity index (χ2v) is 27.1. The van der Waals surface area contributed by atoms with Crippen LogP contribution in [0, 0.1) is 0 Å². The molecule has 0 radical (unpaired) electrons. The standard InChI is InChI=1S/C11H11.2CH3.ClH.H2Si.Zr/c1-2-6-10(5-1)9-11-7-3-4-8-11;;;;;/h1-5,7,9H,6,8H2;2*1H3;1H;1H2;. The molecule has 0 bridgehead atoms. The summed E-state index contributed by atoms with van der Waals surface area (Å²) in [4.78, 5) is 0. The molecular weight excluding hydrogens is 311 g/mol.